The summed E-state index contributed by atoms with van der Waals surface area (Å²) in [6, 6.07) is 24.3. The maximum absolute atomic E-state index is 13.9. The number of hydrogen-bond acceptors (Lipinski definition) is 4. The van der Waals surface area contributed by atoms with Crippen LogP contribution in [0.2, 0.25) is 0 Å². The van der Waals surface area contributed by atoms with E-state index in [2.05, 4.69) is 37.7 Å². The number of aromatic amines is 2. The maximum Gasteiger partial charge on any atom is 0.250 e. The summed E-state index contributed by atoms with van der Waals surface area (Å²) < 4.78 is 16.0. The van der Waals surface area contributed by atoms with E-state index in [1.165, 1.54) is 12.1 Å². The summed E-state index contributed by atoms with van der Waals surface area (Å²) in [5.41, 5.74) is 11.8. The van der Waals surface area contributed by atoms with Gasteiger partial charge in [-0.15, -0.1) is 0 Å². The number of hydrogen-bond donors (Lipinski definition) is 3. The van der Waals surface area contributed by atoms with Crippen LogP contribution in [0.1, 0.15) is 10.4 Å². The number of fused-ring (bicyclic) bond motifs is 4. The van der Waals surface area contributed by atoms with E-state index in [4.69, 9.17) is 10.7 Å². The van der Waals surface area contributed by atoms with Gasteiger partial charge in [0.25, 0.3) is 5.91 Å². The molecule has 0 aliphatic heterocycles. The molecule has 0 spiro atoms. The third-order valence-corrected chi connectivity index (χ3v) is 7.09. The molecule has 0 atom stereocenters. The van der Waals surface area contributed by atoms with E-state index in [9.17, 15) is 9.18 Å². The van der Waals surface area contributed by atoms with Gasteiger partial charge in [-0.2, -0.15) is 0 Å². The summed E-state index contributed by atoms with van der Waals surface area (Å²) in [6.45, 7) is 0. The predicted molar refractivity (Wildman–Crippen MR) is 151 cm³/mol. The number of aromatic nitrogens is 5. The van der Waals surface area contributed by atoms with Crippen LogP contribution >= 0.6 is 0 Å². The number of anilines is 2. The monoisotopic (exact) mass is 515 g/mol. The van der Waals surface area contributed by atoms with Crippen LogP contribution in [-0.4, -0.2) is 37.5 Å². The molecular formula is C30H22FN7O. The van der Waals surface area contributed by atoms with Crippen LogP contribution in [0.5, 0.6) is 0 Å². The molecule has 9 heteroatoms. The summed E-state index contributed by atoms with van der Waals surface area (Å²) in [6.07, 6.45) is 3.34. The molecule has 3 heterocycles. The first-order valence-electron chi connectivity index (χ1n) is 12.3. The van der Waals surface area contributed by atoms with Crippen molar-refractivity contribution in [1.82, 2.24) is 24.5 Å². The second-order valence-electron chi connectivity index (χ2n) is 9.35. The summed E-state index contributed by atoms with van der Waals surface area (Å²) in [7, 11) is 1.84. The average molecular weight is 516 g/mol. The Morgan fingerprint density at radius 2 is 1.85 bits per heavy atom. The molecule has 0 aliphatic rings. The van der Waals surface area contributed by atoms with Crippen LogP contribution in [0.25, 0.3) is 49.9 Å². The quantitative estimate of drug-likeness (QED) is 0.259. The first kappa shape index (κ1) is 22.7. The maximum atomic E-state index is 13.9. The minimum Gasteiger partial charge on any atom is -0.366 e. The van der Waals surface area contributed by atoms with Crippen molar-refractivity contribution >= 4 is 50.3 Å². The van der Waals surface area contributed by atoms with E-state index in [0.717, 1.165) is 33.1 Å². The van der Waals surface area contributed by atoms with Crippen molar-refractivity contribution in [3.8, 4) is 17.1 Å². The van der Waals surface area contributed by atoms with E-state index in [-0.39, 0.29) is 5.82 Å². The molecule has 190 valence electrons. The third kappa shape index (κ3) is 3.55. The zero-order valence-corrected chi connectivity index (χ0v) is 20.8. The number of nitrogens with two attached hydrogens (primary N) is 1. The lowest BCUT2D eigenvalue weighted by Gasteiger charge is -2.21. The third-order valence-electron chi connectivity index (χ3n) is 7.09. The van der Waals surface area contributed by atoms with Crippen molar-refractivity contribution in [3.63, 3.8) is 0 Å². The van der Waals surface area contributed by atoms with Crippen molar-refractivity contribution < 1.29 is 9.18 Å². The first-order chi connectivity index (χ1) is 19.0. The lowest BCUT2D eigenvalue weighted by molar-refractivity contribution is 0.100. The first-order valence-corrected chi connectivity index (χ1v) is 12.3. The minimum atomic E-state index is -0.523. The Morgan fingerprint density at radius 1 is 1.00 bits per heavy atom. The molecule has 7 aromatic rings. The van der Waals surface area contributed by atoms with Crippen molar-refractivity contribution in [2.75, 3.05) is 11.9 Å². The average Bonchev–Trinajstić information content (AvgIpc) is 3.69. The standard InChI is InChI=1S/C30H22FN7O/c1-37(27-15-33-16-34-27)26-14-18(10-11-20(26)29(32)39)38-24-7-3-2-5-19(24)28-21(6-4-8-25(28)38)30-35-22-12-9-17(31)13-23(22)36-30/h2-16H,1H3,(H2,32,39)(H,33,34)(H,35,36). The number of para-hydroxylation sites is 1. The second kappa shape index (κ2) is 8.56. The van der Waals surface area contributed by atoms with E-state index in [0.29, 0.717) is 33.9 Å². The molecule has 3 aromatic heterocycles. The van der Waals surface area contributed by atoms with Crippen LogP contribution in [0, 0.1) is 5.82 Å². The van der Waals surface area contributed by atoms with Gasteiger partial charge in [-0.25, -0.2) is 14.4 Å². The van der Waals surface area contributed by atoms with E-state index in [1.807, 2.05) is 48.3 Å². The molecule has 7 rings (SSSR count). The van der Waals surface area contributed by atoms with Crippen LogP contribution in [0.3, 0.4) is 0 Å². The fraction of sp³-hybridized carbons (Fsp3) is 0.0333. The smallest absolute Gasteiger partial charge is 0.250 e. The van der Waals surface area contributed by atoms with Gasteiger partial charge in [0.05, 0.1) is 39.6 Å². The zero-order valence-electron chi connectivity index (χ0n) is 20.8. The number of halogens is 1. The molecular weight excluding hydrogens is 493 g/mol. The molecule has 0 fully saturated rings. The van der Waals surface area contributed by atoms with Gasteiger partial charge < -0.3 is 25.2 Å². The molecule has 0 bridgehead atoms. The van der Waals surface area contributed by atoms with Gasteiger partial charge >= 0.3 is 0 Å². The number of carbonyl (C=O) groups is 1. The summed E-state index contributed by atoms with van der Waals surface area (Å²) in [5, 5.41) is 2.05. The number of rotatable bonds is 5. The zero-order chi connectivity index (χ0) is 26.7. The normalized spacial score (nSPS) is 11.5. The topological polar surface area (TPSA) is 109 Å². The Hall–Kier alpha value is -5.44. The van der Waals surface area contributed by atoms with Crippen molar-refractivity contribution in [2.24, 2.45) is 5.73 Å². The molecule has 8 nitrogen and oxygen atoms in total. The molecule has 0 unspecified atom stereocenters. The predicted octanol–water partition coefficient (Wildman–Crippen LogP) is 6.06. The van der Waals surface area contributed by atoms with Gasteiger partial charge in [-0.3, -0.25) is 4.79 Å². The fourth-order valence-electron chi connectivity index (χ4n) is 5.31. The largest absolute Gasteiger partial charge is 0.366 e. The van der Waals surface area contributed by atoms with Crippen LogP contribution < -0.4 is 10.6 Å². The van der Waals surface area contributed by atoms with Crippen LogP contribution in [-0.2, 0) is 0 Å². The Morgan fingerprint density at radius 3 is 2.67 bits per heavy atom. The van der Waals surface area contributed by atoms with Gasteiger partial charge in [0.2, 0.25) is 0 Å². The number of imidazole rings is 2. The lowest BCUT2D eigenvalue weighted by atomic mass is 10.1. The molecule has 39 heavy (non-hydrogen) atoms. The van der Waals surface area contributed by atoms with Crippen molar-refractivity contribution in [1.29, 1.82) is 0 Å². The highest BCUT2D eigenvalue weighted by Gasteiger charge is 2.20. The Balaban J connectivity index is 1.49. The number of benzene rings is 4. The minimum absolute atomic E-state index is 0.317. The van der Waals surface area contributed by atoms with Gasteiger partial charge in [0.15, 0.2) is 5.82 Å². The molecule has 0 saturated heterocycles. The number of carbonyl (C=O) groups excluding carboxylic acids is 1. The van der Waals surface area contributed by atoms with Gasteiger partial charge in [0, 0.05) is 35.3 Å². The number of H-pyrrole nitrogens is 2. The SMILES string of the molecule is CN(c1c[nH]cn1)c1cc(-n2c3ccccc3c3c(-c4nc5ccc(F)cc5[nH]4)cccc32)ccc1C(N)=O. The Bertz CT molecular complexity index is 2040. The van der Waals surface area contributed by atoms with Gasteiger partial charge in [-0.1, -0.05) is 30.3 Å². The highest BCUT2D eigenvalue weighted by Crippen LogP contribution is 2.39. The number of nitrogens with one attached hydrogen (secondary N) is 2. The number of amides is 1. The van der Waals surface area contributed by atoms with Gasteiger partial charge in [-0.05, 0) is 48.5 Å². The van der Waals surface area contributed by atoms with E-state index < -0.39 is 5.91 Å². The molecule has 1 amide bonds. The molecule has 0 aliphatic carbocycles. The van der Waals surface area contributed by atoms with Crippen LogP contribution in [0.15, 0.2) is 91.4 Å². The fourth-order valence-corrected chi connectivity index (χ4v) is 5.31. The van der Waals surface area contributed by atoms with E-state index >= 15 is 0 Å². The van der Waals surface area contributed by atoms with E-state index in [1.54, 1.807) is 24.7 Å². The number of primary amides is 1. The molecule has 4 N–H and O–H groups in total. The van der Waals surface area contributed by atoms with Crippen molar-refractivity contribution in [2.45, 2.75) is 0 Å². The summed E-state index contributed by atoms with van der Waals surface area (Å²) in [4.78, 5) is 29.5. The molecule has 0 saturated carbocycles. The summed E-state index contributed by atoms with van der Waals surface area (Å²) in [5.74, 6) is 0.472. The number of nitrogens with zero attached hydrogens (tertiary/aromatic N) is 4. The molecule has 0 radical (unpaired) electrons. The lowest BCUT2D eigenvalue weighted by Crippen LogP contribution is -2.19. The second-order valence-corrected chi connectivity index (χ2v) is 9.35. The Labute approximate surface area is 221 Å². The highest BCUT2D eigenvalue weighted by atomic mass is 19.1. The van der Waals surface area contributed by atoms with Crippen LogP contribution in [0.4, 0.5) is 15.9 Å². The summed E-state index contributed by atoms with van der Waals surface area (Å²) >= 11 is 0. The molecule has 4 aromatic carbocycles. The highest BCUT2D eigenvalue weighted by molar-refractivity contribution is 6.15. The Kier molecular flexibility index (Phi) is 4.99. The van der Waals surface area contributed by atoms with Gasteiger partial charge in [0.1, 0.15) is 11.6 Å². The van der Waals surface area contributed by atoms with Crippen molar-refractivity contribution in [3.05, 3.63) is 103 Å².